The van der Waals surface area contributed by atoms with Crippen LogP contribution in [0.25, 0.3) is 0 Å². The highest BCUT2D eigenvalue weighted by Crippen LogP contribution is 2.37. The molecule has 0 aliphatic carbocycles. The first-order chi connectivity index (χ1) is 14.5. The summed E-state index contributed by atoms with van der Waals surface area (Å²) in [6.45, 7) is 0.789. The second-order valence-corrected chi connectivity index (χ2v) is 7.19. The Bertz CT molecular complexity index is 1030. The highest BCUT2D eigenvalue weighted by Gasteiger charge is 2.14. The smallest absolute Gasteiger partial charge is 0.335 e. The molecule has 2 N–H and O–H groups in total. The molecule has 0 fully saturated rings. The Labute approximate surface area is 182 Å². The number of hydrogen-bond acceptors (Lipinski definition) is 6. The van der Waals surface area contributed by atoms with Gasteiger partial charge < -0.3 is 24.6 Å². The lowest BCUT2D eigenvalue weighted by Crippen LogP contribution is -2.05. The van der Waals surface area contributed by atoms with E-state index in [1.165, 1.54) is 13.2 Å². The van der Waals surface area contributed by atoms with Crippen molar-refractivity contribution in [2.75, 3.05) is 19.5 Å². The Morgan fingerprint density at radius 2 is 1.90 bits per heavy atom. The molecule has 0 spiro atoms. The number of carbonyl (C=O) groups is 1. The number of nitrogens with zero attached hydrogens (tertiary/aromatic N) is 1. The van der Waals surface area contributed by atoms with Crippen molar-refractivity contribution in [2.45, 2.75) is 13.2 Å². The van der Waals surface area contributed by atoms with Crippen LogP contribution < -0.4 is 19.5 Å². The monoisotopic (exact) mass is 472 g/mol. The number of nitrogens with one attached hydrogen (secondary N) is 1. The van der Waals surface area contributed by atoms with Gasteiger partial charge in [0.25, 0.3) is 0 Å². The van der Waals surface area contributed by atoms with E-state index < -0.39 is 5.97 Å². The lowest BCUT2D eigenvalue weighted by molar-refractivity contribution is 0.0697. The first-order valence-corrected chi connectivity index (χ1v) is 9.84. The number of carboxylic acid groups (broad SMARTS) is 1. The molecular weight excluding hydrogens is 452 g/mol. The van der Waals surface area contributed by atoms with Crippen molar-refractivity contribution in [2.24, 2.45) is 0 Å². The van der Waals surface area contributed by atoms with Crippen LogP contribution in [-0.2, 0) is 13.2 Å². The predicted molar refractivity (Wildman–Crippen MR) is 117 cm³/mol. The molecule has 3 aromatic rings. The van der Waals surface area contributed by atoms with Crippen molar-refractivity contribution in [3.63, 3.8) is 0 Å². The molecule has 0 radical (unpaired) electrons. The number of halogens is 1. The van der Waals surface area contributed by atoms with E-state index in [-0.39, 0.29) is 5.56 Å². The summed E-state index contributed by atoms with van der Waals surface area (Å²) in [6, 6.07) is 12.2. The van der Waals surface area contributed by atoms with Crippen LogP contribution in [0.4, 0.5) is 5.69 Å². The highest BCUT2D eigenvalue weighted by molar-refractivity contribution is 9.10. The van der Waals surface area contributed by atoms with E-state index in [9.17, 15) is 9.90 Å². The molecule has 3 rings (SSSR count). The molecule has 156 valence electrons. The van der Waals surface area contributed by atoms with Crippen LogP contribution in [0.15, 0.2) is 59.3 Å². The van der Waals surface area contributed by atoms with Gasteiger partial charge in [0.2, 0.25) is 0 Å². The molecule has 0 saturated heterocycles. The van der Waals surface area contributed by atoms with Crippen LogP contribution >= 0.6 is 15.9 Å². The third kappa shape index (κ3) is 5.21. The second kappa shape index (κ2) is 9.98. The molecule has 0 aliphatic rings. The molecule has 2 aromatic carbocycles. The molecule has 0 unspecified atom stereocenters. The minimum atomic E-state index is -1.000. The molecule has 1 aromatic heterocycles. The van der Waals surface area contributed by atoms with Gasteiger partial charge in [-0.2, -0.15) is 0 Å². The van der Waals surface area contributed by atoms with Gasteiger partial charge in [-0.25, -0.2) is 4.79 Å². The van der Waals surface area contributed by atoms with Crippen molar-refractivity contribution in [1.82, 2.24) is 4.98 Å². The lowest BCUT2D eigenvalue weighted by atomic mass is 10.1. The Kier molecular flexibility index (Phi) is 7.13. The fraction of sp³-hybridized carbons (Fsp3) is 0.182. The summed E-state index contributed by atoms with van der Waals surface area (Å²) in [5.74, 6) is 0.731. The summed E-state index contributed by atoms with van der Waals surface area (Å²) in [4.78, 5) is 15.3. The number of ether oxygens (including phenoxy) is 3. The predicted octanol–water partition coefficient (Wildman–Crippen LogP) is 4.75. The van der Waals surface area contributed by atoms with Gasteiger partial charge in [0.15, 0.2) is 11.5 Å². The third-order valence-electron chi connectivity index (χ3n) is 4.32. The Hall–Kier alpha value is -3.26. The number of pyridine rings is 1. The van der Waals surface area contributed by atoms with Crippen LogP contribution in [-0.4, -0.2) is 30.3 Å². The number of anilines is 1. The number of benzene rings is 2. The molecule has 0 amide bonds. The fourth-order valence-electron chi connectivity index (χ4n) is 2.83. The van der Waals surface area contributed by atoms with Gasteiger partial charge in [0, 0.05) is 24.5 Å². The standard InChI is InChI=1S/C22H21BrN2O5/c1-28-19-6-5-16(22(26)27)10-18(19)25-12-15-8-17(23)21(20(9-15)29-2)30-13-14-4-3-7-24-11-14/h3-11,25H,12-13H2,1-2H3,(H,26,27). The van der Waals surface area contributed by atoms with Crippen molar-refractivity contribution in [1.29, 1.82) is 0 Å². The zero-order valence-electron chi connectivity index (χ0n) is 16.5. The third-order valence-corrected chi connectivity index (χ3v) is 4.91. The van der Waals surface area contributed by atoms with E-state index >= 15 is 0 Å². The zero-order chi connectivity index (χ0) is 21.5. The molecule has 30 heavy (non-hydrogen) atoms. The quantitative estimate of drug-likeness (QED) is 0.464. The minimum absolute atomic E-state index is 0.177. The molecule has 0 atom stereocenters. The average molecular weight is 473 g/mol. The zero-order valence-corrected chi connectivity index (χ0v) is 18.1. The van der Waals surface area contributed by atoms with Crippen LogP contribution in [0.5, 0.6) is 17.2 Å². The summed E-state index contributed by atoms with van der Waals surface area (Å²) in [7, 11) is 3.12. The largest absolute Gasteiger partial charge is 0.495 e. The first-order valence-electron chi connectivity index (χ1n) is 9.05. The van der Waals surface area contributed by atoms with Crippen LogP contribution in [0.3, 0.4) is 0 Å². The van der Waals surface area contributed by atoms with Gasteiger partial charge in [0.1, 0.15) is 12.4 Å². The van der Waals surface area contributed by atoms with E-state index in [0.717, 1.165) is 15.6 Å². The number of hydrogen-bond donors (Lipinski definition) is 2. The van der Waals surface area contributed by atoms with Crippen molar-refractivity contribution < 1.29 is 24.1 Å². The summed E-state index contributed by atoms with van der Waals surface area (Å²) < 4.78 is 17.5. The Balaban J connectivity index is 1.77. The van der Waals surface area contributed by atoms with Crippen molar-refractivity contribution in [3.8, 4) is 17.2 Å². The maximum atomic E-state index is 11.2. The average Bonchev–Trinajstić information content (AvgIpc) is 2.76. The van der Waals surface area contributed by atoms with Crippen LogP contribution in [0, 0.1) is 0 Å². The maximum absolute atomic E-state index is 11.2. The van der Waals surface area contributed by atoms with Crippen LogP contribution in [0.1, 0.15) is 21.5 Å². The van der Waals surface area contributed by atoms with Gasteiger partial charge in [-0.15, -0.1) is 0 Å². The number of rotatable bonds is 9. The van der Waals surface area contributed by atoms with Crippen molar-refractivity contribution >= 4 is 27.6 Å². The van der Waals surface area contributed by atoms with Gasteiger partial charge in [-0.1, -0.05) is 6.07 Å². The molecule has 0 bridgehead atoms. The second-order valence-electron chi connectivity index (χ2n) is 6.33. The van der Waals surface area contributed by atoms with E-state index in [0.29, 0.717) is 36.1 Å². The number of carboxylic acids is 1. The van der Waals surface area contributed by atoms with E-state index in [1.807, 2.05) is 24.3 Å². The number of aromatic carboxylic acids is 1. The van der Waals surface area contributed by atoms with Crippen LogP contribution in [0.2, 0.25) is 0 Å². The van der Waals surface area contributed by atoms with E-state index in [1.54, 1.807) is 31.6 Å². The molecule has 0 saturated carbocycles. The highest BCUT2D eigenvalue weighted by atomic mass is 79.9. The molecular formula is C22H21BrN2O5. The molecule has 0 aliphatic heterocycles. The molecule has 1 heterocycles. The van der Waals surface area contributed by atoms with Gasteiger partial charge in [-0.05, 0) is 57.9 Å². The summed E-state index contributed by atoms with van der Waals surface area (Å²) >= 11 is 3.55. The number of methoxy groups -OCH3 is 2. The first kappa shape index (κ1) is 21.4. The lowest BCUT2D eigenvalue weighted by Gasteiger charge is -2.16. The van der Waals surface area contributed by atoms with Gasteiger partial charge in [0.05, 0.1) is 29.9 Å². The molecule has 8 heteroatoms. The SMILES string of the molecule is COc1ccc(C(=O)O)cc1NCc1cc(Br)c(OCc2cccnc2)c(OC)c1. The van der Waals surface area contributed by atoms with Gasteiger partial charge in [-0.3, -0.25) is 4.98 Å². The van der Waals surface area contributed by atoms with E-state index in [2.05, 4.69) is 26.2 Å². The topological polar surface area (TPSA) is 89.9 Å². The Morgan fingerprint density at radius 1 is 1.10 bits per heavy atom. The normalized spacial score (nSPS) is 10.4. The minimum Gasteiger partial charge on any atom is -0.495 e. The Morgan fingerprint density at radius 3 is 2.57 bits per heavy atom. The summed E-state index contributed by atoms with van der Waals surface area (Å²) in [5.41, 5.74) is 2.62. The number of aromatic nitrogens is 1. The molecule has 7 nitrogen and oxygen atoms in total. The summed E-state index contributed by atoms with van der Waals surface area (Å²) in [6.07, 6.45) is 3.46. The van der Waals surface area contributed by atoms with E-state index in [4.69, 9.17) is 14.2 Å². The van der Waals surface area contributed by atoms with Crippen molar-refractivity contribution in [3.05, 3.63) is 76.0 Å². The maximum Gasteiger partial charge on any atom is 0.335 e. The summed E-state index contributed by atoms with van der Waals surface area (Å²) in [5, 5.41) is 12.4. The van der Waals surface area contributed by atoms with Gasteiger partial charge >= 0.3 is 5.97 Å². The fourth-order valence-corrected chi connectivity index (χ4v) is 3.43.